The molecule has 6 aliphatic heterocycles. The summed E-state index contributed by atoms with van der Waals surface area (Å²) in [6.07, 6.45) is 3.09. The van der Waals surface area contributed by atoms with Gasteiger partial charge in [-0.15, -0.1) is 6.58 Å². The van der Waals surface area contributed by atoms with E-state index in [0.29, 0.717) is 18.4 Å². The van der Waals surface area contributed by atoms with Crippen LogP contribution >= 0.6 is 0 Å². The van der Waals surface area contributed by atoms with Crippen molar-refractivity contribution in [3.63, 3.8) is 0 Å². The summed E-state index contributed by atoms with van der Waals surface area (Å²) >= 11 is 0. The maximum atomic E-state index is 13.1. The molecular formula is C48H68O14. The van der Waals surface area contributed by atoms with Gasteiger partial charge in [0.15, 0.2) is 6.10 Å². The summed E-state index contributed by atoms with van der Waals surface area (Å²) in [5.41, 5.74) is 2.55. The van der Waals surface area contributed by atoms with Crippen molar-refractivity contribution in [2.45, 2.75) is 175 Å². The first-order chi connectivity index (χ1) is 29.9. The van der Waals surface area contributed by atoms with Gasteiger partial charge in [0.25, 0.3) is 0 Å². The second-order valence-corrected chi connectivity index (χ2v) is 18.1. The van der Waals surface area contributed by atoms with Crippen molar-refractivity contribution >= 4 is 11.9 Å². The highest BCUT2D eigenvalue weighted by Crippen LogP contribution is 2.45. The van der Waals surface area contributed by atoms with Crippen LogP contribution in [0.5, 0.6) is 0 Å². The number of carbonyl (C=O) groups excluding carboxylic acids is 2. The number of fused-ring (bicyclic) bond motifs is 3. The van der Waals surface area contributed by atoms with Gasteiger partial charge in [-0.2, -0.15) is 0 Å². The molecule has 2 N–H and O–H groups in total. The Bertz CT molecular complexity index is 1690. The minimum Gasteiger partial charge on any atom is -0.469 e. The lowest BCUT2D eigenvalue weighted by Gasteiger charge is -2.43. The van der Waals surface area contributed by atoms with E-state index in [2.05, 4.69) is 26.7 Å². The number of hydrogen-bond acceptors (Lipinski definition) is 14. The molecule has 6 aliphatic rings. The topological polar surface area (TPSA) is 167 Å². The SMILES string of the molecule is C=CC[C@@H]1O[C@@H]2C(O[C@@H]3CC(CCC4CC(=C)C(CCC5CC(C)C(=C)C(C[C@@H]6O[C@H](CC(O)CO)[C@H](OC)C6CC(=O)OC)O5)O4)OC23)C(OC)C1OC(=O)c1ccccc1. The van der Waals surface area contributed by atoms with E-state index in [0.717, 1.165) is 56.1 Å². The fourth-order valence-corrected chi connectivity index (χ4v) is 10.8. The Morgan fingerprint density at radius 1 is 0.806 bits per heavy atom. The average molecular weight is 869 g/mol. The smallest absolute Gasteiger partial charge is 0.338 e. The van der Waals surface area contributed by atoms with Crippen molar-refractivity contribution in [3.8, 4) is 0 Å². The zero-order valence-electron chi connectivity index (χ0n) is 36.8. The molecule has 1 aromatic carbocycles. The van der Waals surface area contributed by atoms with E-state index in [-0.39, 0.29) is 79.5 Å². The van der Waals surface area contributed by atoms with Crippen LogP contribution in [-0.2, 0) is 52.2 Å². The molecule has 6 saturated heterocycles. The van der Waals surface area contributed by atoms with Crippen LogP contribution in [-0.4, -0.2) is 148 Å². The summed E-state index contributed by atoms with van der Waals surface area (Å²) in [5.74, 6) is -0.894. The van der Waals surface area contributed by atoms with Crippen molar-refractivity contribution in [2.75, 3.05) is 27.9 Å². The third kappa shape index (κ3) is 10.6. The van der Waals surface area contributed by atoms with E-state index in [1.165, 1.54) is 7.11 Å². The van der Waals surface area contributed by atoms with Crippen LogP contribution in [0.15, 0.2) is 67.3 Å². The fourth-order valence-electron chi connectivity index (χ4n) is 10.8. The summed E-state index contributed by atoms with van der Waals surface area (Å²) in [4.78, 5) is 25.6. The molecule has 0 saturated carbocycles. The lowest BCUT2D eigenvalue weighted by Crippen LogP contribution is -2.60. The van der Waals surface area contributed by atoms with Crippen LogP contribution in [0, 0.1) is 11.8 Å². The number of hydrogen-bond donors (Lipinski definition) is 2. The molecule has 344 valence electrons. The monoisotopic (exact) mass is 868 g/mol. The minimum absolute atomic E-state index is 0.00892. The molecule has 18 atom stereocenters. The molecule has 7 rings (SSSR count). The minimum atomic E-state index is -0.963. The van der Waals surface area contributed by atoms with E-state index < -0.39 is 61.4 Å². The maximum Gasteiger partial charge on any atom is 0.338 e. The Hall–Kier alpha value is -3.02. The predicted octanol–water partition coefficient (Wildman–Crippen LogP) is 5.21. The van der Waals surface area contributed by atoms with Crippen molar-refractivity contribution in [2.24, 2.45) is 11.8 Å². The molecule has 0 radical (unpaired) electrons. The summed E-state index contributed by atoms with van der Waals surface area (Å²) in [7, 11) is 4.54. The zero-order valence-corrected chi connectivity index (χ0v) is 36.8. The predicted molar refractivity (Wildman–Crippen MR) is 226 cm³/mol. The second kappa shape index (κ2) is 21.3. The molecule has 0 aromatic heterocycles. The molecule has 1 aromatic rings. The van der Waals surface area contributed by atoms with Crippen LogP contribution in [0.25, 0.3) is 0 Å². The average Bonchev–Trinajstić information content (AvgIpc) is 4.02. The lowest BCUT2D eigenvalue weighted by molar-refractivity contribution is -0.229. The number of esters is 2. The van der Waals surface area contributed by atoms with Crippen LogP contribution in [0.1, 0.15) is 87.9 Å². The van der Waals surface area contributed by atoms with Gasteiger partial charge in [0.05, 0.1) is 86.7 Å². The Labute approximate surface area is 366 Å². The quantitative estimate of drug-likeness (QED) is 0.137. The molecule has 6 fully saturated rings. The normalized spacial score (nSPS) is 39.6. The lowest BCUT2D eigenvalue weighted by atomic mass is 9.82. The van der Waals surface area contributed by atoms with Crippen molar-refractivity contribution in [1.29, 1.82) is 0 Å². The van der Waals surface area contributed by atoms with Crippen LogP contribution < -0.4 is 0 Å². The van der Waals surface area contributed by atoms with E-state index in [1.54, 1.807) is 44.6 Å². The summed E-state index contributed by atoms with van der Waals surface area (Å²) in [6, 6.07) is 8.90. The Morgan fingerprint density at radius 2 is 1.52 bits per heavy atom. The molecule has 12 unspecified atom stereocenters. The van der Waals surface area contributed by atoms with Gasteiger partial charge in [0, 0.05) is 39.4 Å². The molecule has 0 aliphatic carbocycles. The van der Waals surface area contributed by atoms with E-state index in [9.17, 15) is 19.8 Å². The number of aliphatic hydroxyl groups is 2. The standard InChI is InChI=1S/C48H68O14/c1-8-12-36-43(62-48(52)29-13-10-9-11-14-29)45(55-7)47-46(60-36)44-40(61-47)22-33(58-44)16-15-31-20-27(3)35(56-31)18-17-32-19-26(2)28(4)37(57-32)24-38-34(23-41(51)53-5)42(54-6)39(59-38)21-30(50)25-49/h8-11,13-14,26,30-40,42-47,49-50H,1,3-4,12,15-25H2,2,5-7H3/t26?,30?,31?,32?,33?,34?,35?,36-,37?,38-,39+,40+,42+,43?,44?,45?,46-,47?/m0/s1. The summed E-state index contributed by atoms with van der Waals surface area (Å²) < 4.78 is 62.4. The highest BCUT2D eigenvalue weighted by molar-refractivity contribution is 5.89. The van der Waals surface area contributed by atoms with E-state index in [4.69, 9.17) is 47.4 Å². The molecular weight excluding hydrogens is 801 g/mol. The number of rotatable bonds is 19. The van der Waals surface area contributed by atoms with Gasteiger partial charge < -0.3 is 57.6 Å². The summed E-state index contributed by atoms with van der Waals surface area (Å²) in [6.45, 7) is 14.5. The van der Waals surface area contributed by atoms with Gasteiger partial charge in [-0.25, -0.2) is 4.79 Å². The first kappa shape index (κ1) is 47.0. The fraction of sp³-hybridized carbons (Fsp3) is 0.708. The Kier molecular flexibility index (Phi) is 16.1. The highest BCUT2D eigenvalue weighted by atomic mass is 16.7. The molecule has 0 bridgehead atoms. The van der Waals surface area contributed by atoms with Gasteiger partial charge >= 0.3 is 11.9 Å². The largest absolute Gasteiger partial charge is 0.469 e. The van der Waals surface area contributed by atoms with Crippen LogP contribution in [0.2, 0.25) is 0 Å². The zero-order chi connectivity index (χ0) is 44.1. The van der Waals surface area contributed by atoms with Crippen molar-refractivity contribution in [1.82, 2.24) is 0 Å². The number of carbonyl (C=O) groups is 2. The first-order valence-electron chi connectivity index (χ1n) is 22.5. The van der Waals surface area contributed by atoms with E-state index >= 15 is 0 Å². The molecule has 62 heavy (non-hydrogen) atoms. The third-order valence-electron chi connectivity index (χ3n) is 14.0. The van der Waals surface area contributed by atoms with Crippen LogP contribution in [0.4, 0.5) is 0 Å². The number of benzene rings is 1. The Morgan fingerprint density at radius 3 is 2.23 bits per heavy atom. The second-order valence-electron chi connectivity index (χ2n) is 18.1. The number of ether oxygens (including phenoxy) is 10. The van der Waals surface area contributed by atoms with Gasteiger partial charge in [0.2, 0.25) is 0 Å². The summed E-state index contributed by atoms with van der Waals surface area (Å²) in [5, 5.41) is 19.7. The van der Waals surface area contributed by atoms with Crippen LogP contribution in [0.3, 0.4) is 0 Å². The van der Waals surface area contributed by atoms with Gasteiger partial charge in [-0.3, -0.25) is 4.79 Å². The Balaban J connectivity index is 0.884. The molecule has 0 spiro atoms. The van der Waals surface area contributed by atoms with Gasteiger partial charge in [-0.05, 0) is 74.1 Å². The first-order valence-corrected chi connectivity index (χ1v) is 22.5. The van der Waals surface area contributed by atoms with Crippen molar-refractivity contribution < 1.29 is 67.2 Å². The molecule has 14 nitrogen and oxygen atoms in total. The van der Waals surface area contributed by atoms with Gasteiger partial charge in [-0.1, -0.05) is 44.4 Å². The third-order valence-corrected chi connectivity index (χ3v) is 14.0. The molecule has 0 amide bonds. The number of aliphatic hydroxyl groups excluding tert-OH is 2. The maximum absolute atomic E-state index is 13.1. The number of methoxy groups -OCH3 is 3. The van der Waals surface area contributed by atoms with Gasteiger partial charge in [0.1, 0.15) is 30.5 Å². The van der Waals surface area contributed by atoms with Crippen molar-refractivity contribution in [3.05, 3.63) is 72.9 Å². The molecule has 6 heterocycles. The highest BCUT2D eigenvalue weighted by Gasteiger charge is 2.60. The van der Waals surface area contributed by atoms with E-state index in [1.807, 2.05) is 6.07 Å². The molecule has 14 heteroatoms.